The van der Waals surface area contributed by atoms with E-state index in [4.69, 9.17) is 9.84 Å². The minimum Gasteiger partial charge on any atom is -0.480 e. The highest BCUT2D eigenvalue weighted by molar-refractivity contribution is 5.84. The summed E-state index contributed by atoms with van der Waals surface area (Å²) in [6.45, 7) is 3.23. The third-order valence-electron chi connectivity index (χ3n) is 3.23. The number of likely N-dealkylation sites (tertiary alicyclic amines) is 1. The number of unbranched alkanes of at least 4 members (excludes halogenated alkanes) is 2. The summed E-state index contributed by atoms with van der Waals surface area (Å²) in [6.07, 6.45) is 5.46. The van der Waals surface area contributed by atoms with Crippen LogP contribution in [0.2, 0.25) is 0 Å². The normalized spacial score (nSPS) is 19.8. The average molecular weight is 257 g/mol. The van der Waals surface area contributed by atoms with Gasteiger partial charge in [-0.1, -0.05) is 19.8 Å². The number of carboxylic acid groups (broad SMARTS) is 1. The summed E-state index contributed by atoms with van der Waals surface area (Å²) in [5, 5.41) is 9.06. The molecule has 1 aliphatic heterocycles. The lowest BCUT2D eigenvalue weighted by Gasteiger charge is -2.32. The number of aliphatic carboxylic acids is 1. The molecule has 0 radical (unpaired) electrons. The van der Waals surface area contributed by atoms with Crippen molar-refractivity contribution < 1.29 is 19.4 Å². The van der Waals surface area contributed by atoms with E-state index in [-0.39, 0.29) is 12.5 Å². The molecule has 0 spiro atoms. The molecule has 1 unspecified atom stereocenters. The second-order valence-corrected chi connectivity index (χ2v) is 4.70. The predicted molar refractivity (Wildman–Crippen MR) is 67.3 cm³/mol. The number of rotatable bonds is 7. The fourth-order valence-electron chi connectivity index (χ4n) is 2.18. The summed E-state index contributed by atoms with van der Waals surface area (Å²) in [7, 11) is 0. The zero-order valence-corrected chi connectivity index (χ0v) is 11.1. The fraction of sp³-hybridized carbons (Fsp3) is 0.846. The number of ether oxygens (including phenoxy) is 1. The number of hydrogen-bond donors (Lipinski definition) is 1. The van der Waals surface area contributed by atoms with Crippen LogP contribution in [0.1, 0.15) is 45.4 Å². The molecule has 0 saturated carbocycles. The standard InChI is InChI=1S/C13H23NO4/c1-2-3-6-9-18-10-12(15)14-8-5-4-7-11(14)13(16)17/h11H,2-10H2,1H3,(H,16,17). The van der Waals surface area contributed by atoms with Gasteiger partial charge in [0.25, 0.3) is 0 Å². The first-order valence-electron chi connectivity index (χ1n) is 6.76. The summed E-state index contributed by atoms with van der Waals surface area (Å²) in [5.41, 5.74) is 0. The summed E-state index contributed by atoms with van der Waals surface area (Å²) in [4.78, 5) is 24.4. The van der Waals surface area contributed by atoms with Crippen molar-refractivity contribution in [1.29, 1.82) is 0 Å². The first-order valence-corrected chi connectivity index (χ1v) is 6.76. The summed E-state index contributed by atoms with van der Waals surface area (Å²) in [6, 6.07) is -0.662. The van der Waals surface area contributed by atoms with Gasteiger partial charge in [0.15, 0.2) is 0 Å². The molecule has 0 aliphatic carbocycles. The number of carboxylic acids is 1. The second-order valence-electron chi connectivity index (χ2n) is 4.70. The molecule has 18 heavy (non-hydrogen) atoms. The maximum absolute atomic E-state index is 11.9. The van der Waals surface area contributed by atoms with Gasteiger partial charge < -0.3 is 14.7 Å². The Morgan fingerprint density at radius 2 is 2.11 bits per heavy atom. The molecular weight excluding hydrogens is 234 g/mol. The van der Waals surface area contributed by atoms with Gasteiger partial charge in [-0.15, -0.1) is 0 Å². The van der Waals surface area contributed by atoms with Crippen molar-refractivity contribution in [3.63, 3.8) is 0 Å². The van der Waals surface area contributed by atoms with Crippen LogP contribution in [0, 0.1) is 0 Å². The van der Waals surface area contributed by atoms with E-state index >= 15 is 0 Å². The van der Waals surface area contributed by atoms with Crippen LogP contribution in [0.4, 0.5) is 0 Å². The average Bonchev–Trinajstić information content (AvgIpc) is 2.38. The van der Waals surface area contributed by atoms with Crippen molar-refractivity contribution in [2.45, 2.75) is 51.5 Å². The third kappa shape index (κ3) is 4.64. The van der Waals surface area contributed by atoms with Crippen molar-refractivity contribution in [3.8, 4) is 0 Å². The van der Waals surface area contributed by atoms with Crippen molar-refractivity contribution in [2.24, 2.45) is 0 Å². The lowest BCUT2D eigenvalue weighted by atomic mass is 10.0. The Balaban J connectivity index is 2.32. The Kier molecular flexibility index (Phi) is 6.72. The molecule has 5 nitrogen and oxygen atoms in total. The highest BCUT2D eigenvalue weighted by Gasteiger charge is 2.31. The molecular formula is C13H23NO4. The van der Waals surface area contributed by atoms with Gasteiger partial charge in [-0.05, 0) is 25.7 Å². The molecule has 1 heterocycles. The molecule has 0 aromatic carbocycles. The Morgan fingerprint density at radius 1 is 1.33 bits per heavy atom. The zero-order chi connectivity index (χ0) is 13.4. The molecule has 1 N–H and O–H groups in total. The maximum Gasteiger partial charge on any atom is 0.326 e. The quantitative estimate of drug-likeness (QED) is 0.704. The van der Waals surface area contributed by atoms with Crippen LogP contribution in [-0.2, 0) is 14.3 Å². The van der Waals surface area contributed by atoms with Crippen molar-refractivity contribution in [3.05, 3.63) is 0 Å². The highest BCUT2D eigenvalue weighted by atomic mass is 16.5. The van der Waals surface area contributed by atoms with E-state index in [1.165, 1.54) is 4.90 Å². The molecule has 0 aromatic heterocycles. The third-order valence-corrected chi connectivity index (χ3v) is 3.23. The molecule has 1 saturated heterocycles. The number of nitrogens with zero attached hydrogens (tertiary/aromatic N) is 1. The highest BCUT2D eigenvalue weighted by Crippen LogP contribution is 2.17. The van der Waals surface area contributed by atoms with E-state index in [0.717, 1.165) is 32.1 Å². The van der Waals surface area contributed by atoms with Gasteiger partial charge in [0.1, 0.15) is 12.6 Å². The lowest BCUT2D eigenvalue weighted by molar-refractivity contribution is -0.154. The van der Waals surface area contributed by atoms with Gasteiger partial charge in [0, 0.05) is 13.2 Å². The van der Waals surface area contributed by atoms with Gasteiger partial charge in [0.2, 0.25) is 5.91 Å². The molecule has 1 amide bonds. The van der Waals surface area contributed by atoms with Gasteiger partial charge in [-0.3, -0.25) is 4.79 Å². The lowest BCUT2D eigenvalue weighted by Crippen LogP contribution is -2.49. The summed E-state index contributed by atoms with van der Waals surface area (Å²) in [5.74, 6) is -1.10. The number of piperidine rings is 1. The second kappa shape index (κ2) is 8.08. The zero-order valence-electron chi connectivity index (χ0n) is 11.1. The fourth-order valence-corrected chi connectivity index (χ4v) is 2.18. The van der Waals surface area contributed by atoms with E-state index in [1.54, 1.807) is 0 Å². The molecule has 0 bridgehead atoms. The molecule has 5 heteroatoms. The molecule has 1 fully saturated rings. The van der Waals surface area contributed by atoms with E-state index < -0.39 is 12.0 Å². The van der Waals surface area contributed by atoms with Gasteiger partial charge in [-0.2, -0.15) is 0 Å². The van der Waals surface area contributed by atoms with Gasteiger partial charge in [-0.25, -0.2) is 4.79 Å². The van der Waals surface area contributed by atoms with Gasteiger partial charge in [0.05, 0.1) is 0 Å². The first kappa shape index (κ1) is 15.0. The number of amides is 1. The first-order chi connectivity index (χ1) is 8.66. The van der Waals surface area contributed by atoms with Crippen molar-refractivity contribution in [2.75, 3.05) is 19.8 Å². The molecule has 1 aliphatic rings. The van der Waals surface area contributed by atoms with E-state index in [9.17, 15) is 9.59 Å². The Bertz CT molecular complexity index is 280. The van der Waals surface area contributed by atoms with E-state index in [1.807, 2.05) is 0 Å². The minimum absolute atomic E-state index is 0.00743. The molecule has 1 atom stereocenters. The number of carbonyl (C=O) groups is 2. The Hall–Kier alpha value is -1.10. The van der Waals surface area contributed by atoms with E-state index in [0.29, 0.717) is 19.6 Å². The summed E-state index contributed by atoms with van der Waals surface area (Å²) >= 11 is 0. The molecule has 104 valence electrons. The monoisotopic (exact) mass is 257 g/mol. The Labute approximate surface area is 108 Å². The maximum atomic E-state index is 11.9. The topological polar surface area (TPSA) is 66.8 Å². The largest absolute Gasteiger partial charge is 0.480 e. The van der Waals surface area contributed by atoms with Crippen LogP contribution in [0.25, 0.3) is 0 Å². The predicted octanol–water partition coefficient (Wildman–Crippen LogP) is 1.66. The van der Waals surface area contributed by atoms with Crippen LogP contribution in [0.15, 0.2) is 0 Å². The molecule has 1 rings (SSSR count). The van der Waals surface area contributed by atoms with E-state index in [2.05, 4.69) is 6.92 Å². The minimum atomic E-state index is -0.908. The van der Waals surface area contributed by atoms with Crippen LogP contribution in [0.5, 0.6) is 0 Å². The molecule has 0 aromatic rings. The SMILES string of the molecule is CCCCCOCC(=O)N1CCCCC1C(=O)O. The van der Waals surface area contributed by atoms with Crippen LogP contribution in [-0.4, -0.2) is 47.7 Å². The van der Waals surface area contributed by atoms with Crippen molar-refractivity contribution in [1.82, 2.24) is 4.90 Å². The van der Waals surface area contributed by atoms with Crippen LogP contribution in [0.3, 0.4) is 0 Å². The van der Waals surface area contributed by atoms with Crippen molar-refractivity contribution >= 4 is 11.9 Å². The van der Waals surface area contributed by atoms with Gasteiger partial charge >= 0.3 is 5.97 Å². The number of carbonyl (C=O) groups excluding carboxylic acids is 1. The smallest absolute Gasteiger partial charge is 0.326 e. The van der Waals surface area contributed by atoms with Crippen LogP contribution >= 0.6 is 0 Å². The van der Waals surface area contributed by atoms with Crippen LogP contribution < -0.4 is 0 Å². The Morgan fingerprint density at radius 3 is 2.78 bits per heavy atom. The number of hydrogen-bond acceptors (Lipinski definition) is 3. The summed E-state index contributed by atoms with van der Waals surface area (Å²) < 4.78 is 5.29.